The first-order valence-corrected chi connectivity index (χ1v) is 33.7. The van der Waals surface area contributed by atoms with Gasteiger partial charge in [-0.15, -0.1) is 0 Å². The highest BCUT2D eigenvalue weighted by atomic mass is 31.2. The second kappa shape index (κ2) is 56.7. The molecule has 448 valence electrons. The summed E-state index contributed by atoms with van der Waals surface area (Å²) in [6.45, 7) is 6.74. The van der Waals surface area contributed by atoms with E-state index < -0.39 is 20.0 Å². The number of carbonyl (C=O) groups excluding carboxylic acids is 2. The van der Waals surface area contributed by atoms with Gasteiger partial charge < -0.3 is 28.5 Å². The van der Waals surface area contributed by atoms with Gasteiger partial charge in [0.05, 0.1) is 33.8 Å². The lowest BCUT2D eigenvalue weighted by Gasteiger charge is -2.30. The number of esters is 1. The highest BCUT2D eigenvalue weighted by Gasteiger charge is 2.27. The van der Waals surface area contributed by atoms with E-state index in [1.165, 1.54) is 167 Å². The fourth-order valence-corrected chi connectivity index (χ4v) is 9.92. The molecule has 0 saturated carbocycles. The largest absolute Gasteiger partial charge is 0.756 e. The number of nitrogens with one attached hydrogen (secondary N) is 1. The van der Waals surface area contributed by atoms with E-state index in [1.54, 1.807) is 0 Å². The van der Waals surface area contributed by atoms with Gasteiger partial charge in [0.25, 0.3) is 7.82 Å². The third-order valence-electron chi connectivity index (χ3n) is 14.2. The van der Waals surface area contributed by atoms with Gasteiger partial charge in [0.15, 0.2) is 0 Å². The van der Waals surface area contributed by atoms with Crippen molar-refractivity contribution in [3.63, 3.8) is 0 Å². The summed E-state index contributed by atoms with van der Waals surface area (Å²) >= 11 is 0. The van der Waals surface area contributed by atoms with Crippen molar-refractivity contribution in [3.8, 4) is 0 Å². The fraction of sp³-hybridized carbons (Fsp3) is 0.791. The van der Waals surface area contributed by atoms with Crippen LogP contribution in [0.5, 0.6) is 0 Å². The average Bonchev–Trinajstić information content (AvgIpc) is 3.39. The smallest absolute Gasteiger partial charge is 0.306 e. The zero-order chi connectivity index (χ0) is 56.4. The van der Waals surface area contributed by atoms with Gasteiger partial charge >= 0.3 is 5.97 Å². The molecule has 1 amide bonds. The van der Waals surface area contributed by atoms with Crippen LogP contribution in [-0.2, 0) is 27.9 Å². The zero-order valence-corrected chi connectivity index (χ0v) is 52.0. The van der Waals surface area contributed by atoms with Gasteiger partial charge in [-0.3, -0.25) is 14.2 Å². The number of unbranched alkanes of at least 4 members (excludes halogenated alkanes) is 32. The van der Waals surface area contributed by atoms with Crippen LogP contribution in [-0.4, -0.2) is 69.4 Å². The van der Waals surface area contributed by atoms with E-state index >= 15 is 0 Å². The molecule has 9 nitrogen and oxygen atoms in total. The Bertz CT molecular complexity index is 1550. The van der Waals surface area contributed by atoms with Gasteiger partial charge in [-0.05, 0) is 76.7 Å². The number of hydrogen-bond acceptors (Lipinski definition) is 7. The SMILES string of the molecule is CC/C=C\C/C=C\C/C=C\C/C=C\C/C=C\CCCCCCCCCCCCCC(=O)OC(/C=C\CCCCCCCCCCCCC)C(COP(=O)([O-])OCC[N+](C)(C)C)NC(=O)CCCCCCCCCCCCC. The Kier molecular flexibility index (Phi) is 54.8. The quantitative estimate of drug-likeness (QED) is 0.0212. The first-order valence-electron chi connectivity index (χ1n) is 32.2. The van der Waals surface area contributed by atoms with Crippen LogP contribution >= 0.6 is 7.82 Å². The first-order chi connectivity index (χ1) is 37.4. The van der Waals surface area contributed by atoms with E-state index in [0.29, 0.717) is 17.4 Å². The predicted octanol–water partition coefficient (Wildman–Crippen LogP) is 19.4. The number of amides is 1. The Labute approximate surface area is 476 Å². The van der Waals surface area contributed by atoms with Crippen LogP contribution in [0.3, 0.4) is 0 Å². The van der Waals surface area contributed by atoms with Crippen LogP contribution in [0.15, 0.2) is 72.9 Å². The molecule has 0 radical (unpaired) electrons. The number of quaternary nitrogens is 1. The average molecular weight is 1100 g/mol. The molecule has 0 heterocycles. The van der Waals surface area contributed by atoms with Gasteiger partial charge in [-0.25, -0.2) is 0 Å². The lowest BCUT2D eigenvalue weighted by Crippen LogP contribution is -2.47. The summed E-state index contributed by atoms with van der Waals surface area (Å²) in [6.07, 6.45) is 73.0. The van der Waals surface area contributed by atoms with Gasteiger partial charge in [0.2, 0.25) is 5.91 Å². The number of ether oxygens (including phenoxy) is 1. The number of likely N-dealkylation sites (N-methyl/N-ethyl adjacent to an activating group) is 1. The number of hydrogen-bond donors (Lipinski definition) is 1. The van der Waals surface area contributed by atoms with Crippen molar-refractivity contribution in [2.75, 3.05) is 40.9 Å². The highest BCUT2D eigenvalue weighted by Crippen LogP contribution is 2.38. The van der Waals surface area contributed by atoms with E-state index in [-0.39, 0.29) is 31.5 Å². The van der Waals surface area contributed by atoms with Crippen molar-refractivity contribution in [2.45, 2.75) is 303 Å². The summed E-state index contributed by atoms with van der Waals surface area (Å²) < 4.78 is 30.3. The van der Waals surface area contributed by atoms with Crippen molar-refractivity contribution < 1.29 is 37.3 Å². The van der Waals surface area contributed by atoms with Crippen molar-refractivity contribution in [3.05, 3.63) is 72.9 Å². The second-order valence-corrected chi connectivity index (χ2v) is 24.3. The lowest BCUT2D eigenvalue weighted by molar-refractivity contribution is -0.870. The molecular formula is C67H123N2O7P. The van der Waals surface area contributed by atoms with Crippen LogP contribution < -0.4 is 10.2 Å². The first kappa shape index (κ1) is 74.5. The maximum Gasteiger partial charge on any atom is 0.306 e. The molecule has 0 spiro atoms. The zero-order valence-electron chi connectivity index (χ0n) is 51.2. The number of carbonyl (C=O) groups is 2. The molecule has 0 aromatic heterocycles. The highest BCUT2D eigenvalue weighted by molar-refractivity contribution is 7.45. The molecule has 0 aromatic rings. The van der Waals surface area contributed by atoms with Crippen molar-refractivity contribution >= 4 is 19.7 Å². The molecule has 3 atom stereocenters. The summed E-state index contributed by atoms with van der Waals surface area (Å²) in [5.41, 5.74) is 0. The molecule has 77 heavy (non-hydrogen) atoms. The molecule has 0 aliphatic rings. The van der Waals surface area contributed by atoms with Crippen molar-refractivity contribution in [1.29, 1.82) is 0 Å². The number of rotatable bonds is 58. The molecule has 0 aliphatic carbocycles. The van der Waals surface area contributed by atoms with Crippen LogP contribution in [0.4, 0.5) is 0 Å². The normalized spacial score (nSPS) is 14.1. The molecule has 10 heteroatoms. The lowest BCUT2D eigenvalue weighted by atomic mass is 10.0. The van der Waals surface area contributed by atoms with E-state index in [4.69, 9.17) is 13.8 Å². The fourth-order valence-electron chi connectivity index (χ4n) is 9.20. The summed E-state index contributed by atoms with van der Waals surface area (Å²) in [7, 11) is 1.19. The summed E-state index contributed by atoms with van der Waals surface area (Å²) in [4.78, 5) is 40.0. The minimum absolute atomic E-state index is 0.0229. The molecule has 0 rings (SSSR count). The molecule has 3 unspecified atom stereocenters. The van der Waals surface area contributed by atoms with Crippen molar-refractivity contribution in [2.24, 2.45) is 0 Å². The molecule has 0 fully saturated rings. The standard InChI is InChI=1S/C67H123N2O7P/c1-7-10-13-16-19-22-25-27-28-29-30-31-32-33-34-35-36-37-38-39-40-42-45-48-51-54-57-60-67(71)76-65(58-55-52-49-46-44-41-26-23-20-17-14-11-8-2)64(63-75-77(72,73)74-62-61-69(4,5)6)68-66(70)59-56-53-50-47-43-24-21-18-15-12-9-3/h10,13,19,22,27-28,30-31,33-34,55,58,64-65H,7-9,11-12,14-18,20-21,23-26,29,32,35-54,56-57,59-63H2,1-6H3,(H-,68,70,72,73)/b13-10-,22-19-,28-27-,31-30-,34-33-,58-55-. The third-order valence-corrected chi connectivity index (χ3v) is 15.1. The minimum Gasteiger partial charge on any atom is -0.756 e. The van der Waals surface area contributed by atoms with Gasteiger partial charge in [-0.1, -0.05) is 274 Å². The monoisotopic (exact) mass is 1100 g/mol. The van der Waals surface area contributed by atoms with Crippen LogP contribution in [0.1, 0.15) is 290 Å². The molecule has 0 aromatic carbocycles. The molecule has 0 bridgehead atoms. The Morgan fingerprint density at radius 3 is 1.25 bits per heavy atom. The number of nitrogens with zero attached hydrogens (tertiary/aromatic N) is 1. The third kappa shape index (κ3) is 57.9. The Hall–Kier alpha value is -2.55. The Morgan fingerprint density at radius 2 is 0.831 bits per heavy atom. The molecule has 0 aliphatic heterocycles. The summed E-state index contributed by atoms with van der Waals surface area (Å²) in [5.74, 6) is -0.539. The number of phosphoric acid groups is 1. The maximum absolute atomic E-state index is 13.5. The van der Waals surface area contributed by atoms with E-state index in [1.807, 2.05) is 33.3 Å². The van der Waals surface area contributed by atoms with Gasteiger partial charge in [-0.2, -0.15) is 0 Å². The number of allylic oxidation sites excluding steroid dienone is 11. The van der Waals surface area contributed by atoms with Crippen LogP contribution in [0, 0.1) is 0 Å². The van der Waals surface area contributed by atoms with Crippen molar-refractivity contribution in [1.82, 2.24) is 5.32 Å². The second-order valence-electron chi connectivity index (χ2n) is 22.9. The topological polar surface area (TPSA) is 114 Å². The van der Waals surface area contributed by atoms with E-state index in [2.05, 4.69) is 86.8 Å². The Morgan fingerprint density at radius 1 is 0.468 bits per heavy atom. The molecular weight excluding hydrogens is 976 g/mol. The van der Waals surface area contributed by atoms with Crippen LogP contribution in [0.25, 0.3) is 0 Å². The molecule has 1 N–H and O–H groups in total. The Balaban J connectivity index is 5.05. The van der Waals surface area contributed by atoms with E-state index in [9.17, 15) is 19.0 Å². The van der Waals surface area contributed by atoms with Gasteiger partial charge in [0.1, 0.15) is 19.3 Å². The van der Waals surface area contributed by atoms with E-state index in [0.717, 1.165) is 89.9 Å². The maximum atomic E-state index is 13.5. The predicted molar refractivity (Wildman–Crippen MR) is 330 cm³/mol. The molecule has 0 saturated heterocycles. The minimum atomic E-state index is -4.70. The summed E-state index contributed by atoms with van der Waals surface area (Å²) in [6, 6.07) is -0.888. The van der Waals surface area contributed by atoms with Crippen LogP contribution in [0.2, 0.25) is 0 Å². The summed E-state index contributed by atoms with van der Waals surface area (Å²) in [5, 5.41) is 3.03. The van der Waals surface area contributed by atoms with Gasteiger partial charge in [0, 0.05) is 12.8 Å². The number of phosphoric ester groups is 1.